The van der Waals surface area contributed by atoms with Gasteiger partial charge < -0.3 is 10.5 Å². The first-order chi connectivity index (χ1) is 6.59. The summed E-state index contributed by atoms with van der Waals surface area (Å²) in [6.07, 6.45) is 0. The molecule has 76 valence electrons. The van der Waals surface area contributed by atoms with Crippen LogP contribution in [-0.4, -0.2) is 12.0 Å². The molecule has 0 radical (unpaired) electrons. The van der Waals surface area contributed by atoms with Crippen molar-refractivity contribution in [3.63, 3.8) is 0 Å². The summed E-state index contributed by atoms with van der Waals surface area (Å²) in [6.45, 7) is 1.86. The van der Waals surface area contributed by atoms with E-state index in [2.05, 4.69) is 15.9 Å². The molecule has 4 heteroatoms. The Morgan fingerprint density at radius 1 is 1.64 bits per heavy atom. The zero-order valence-corrected chi connectivity index (χ0v) is 9.45. The molecule has 0 unspecified atom stereocenters. The van der Waals surface area contributed by atoms with E-state index in [4.69, 9.17) is 10.5 Å². The largest absolute Gasteiger partial charge is 0.460 e. The number of ether oxygens (including phenoxy) is 1. The quantitative estimate of drug-likeness (QED) is 0.841. The van der Waals surface area contributed by atoms with E-state index in [0.717, 1.165) is 10.0 Å². The highest BCUT2D eigenvalue weighted by Crippen LogP contribution is 2.12. The minimum Gasteiger partial charge on any atom is -0.460 e. The maximum Gasteiger partial charge on any atom is 0.322 e. The number of carbonyl (C=O) groups excluding carboxylic acids is 1. The highest BCUT2D eigenvalue weighted by atomic mass is 79.9. The third kappa shape index (κ3) is 3.47. The second-order valence-electron chi connectivity index (χ2n) is 3.03. The molecule has 0 aliphatic heterocycles. The van der Waals surface area contributed by atoms with E-state index in [1.807, 2.05) is 24.3 Å². The minimum atomic E-state index is -0.567. The van der Waals surface area contributed by atoms with Gasteiger partial charge in [0.15, 0.2) is 0 Å². The summed E-state index contributed by atoms with van der Waals surface area (Å²) in [5, 5.41) is 0. The summed E-state index contributed by atoms with van der Waals surface area (Å²) >= 11 is 3.33. The van der Waals surface area contributed by atoms with Gasteiger partial charge in [-0.3, -0.25) is 4.79 Å². The summed E-state index contributed by atoms with van der Waals surface area (Å²) in [6, 6.07) is 7.02. The molecule has 0 bridgehead atoms. The molecule has 0 amide bonds. The van der Waals surface area contributed by atoms with Crippen molar-refractivity contribution in [2.24, 2.45) is 5.73 Å². The van der Waals surface area contributed by atoms with Crippen molar-refractivity contribution in [3.05, 3.63) is 34.3 Å². The fourth-order valence-electron chi connectivity index (χ4n) is 0.913. The van der Waals surface area contributed by atoms with Crippen molar-refractivity contribution in [3.8, 4) is 0 Å². The van der Waals surface area contributed by atoms with Crippen LogP contribution in [0.25, 0.3) is 0 Å². The molecule has 1 atom stereocenters. The number of benzene rings is 1. The van der Waals surface area contributed by atoms with Crippen LogP contribution < -0.4 is 5.73 Å². The average Bonchev–Trinajstić information content (AvgIpc) is 2.14. The zero-order valence-electron chi connectivity index (χ0n) is 7.87. The molecule has 1 rings (SSSR count). The Balaban J connectivity index is 2.50. The van der Waals surface area contributed by atoms with Crippen LogP contribution in [-0.2, 0) is 16.1 Å². The Labute approximate surface area is 91.4 Å². The minimum absolute atomic E-state index is 0.264. The number of carbonyl (C=O) groups is 1. The van der Waals surface area contributed by atoms with Gasteiger partial charge in [0.05, 0.1) is 0 Å². The van der Waals surface area contributed by atoms with E-state index in [-0.39, 0.29) is 12.6 Å². The van der Waals surface area contributed by atoms with Crippen molar-refractivity contribution < 1.29 is 9.53 Å². The second-order valence-corrected chi connectivity index (χ2v) is 3.94. The lowest BCUT2D eigenvalue weighted by Crippen LogP contribution is -2.28. The molecule has 0 fully saturated rings. The van der Waals surface area contributed by atoms with Crippen molar-refractivity contribution in [1.29, 1.82) is 0 Å². The molecular formula is C10H12BrNO2. The second kappa shape index (κ2) is 5.12. The monoisotopic (exact) mass is 257 g/mol. The van der Waals surface area contributed by atoms with Crippen molar-refractivity contribution in [1.82, 2.24) is 0 Å². The molecule has 0 heterocycles. The fraction of sp³-hybridized carbons (Fsp3) is 0.300. The van der Waals surface area contributed by atoms with Crippen molar-refractivity contribution >= 4 is 21.9 Å². The summed E-state index contributed by atoms with van der Waals surface area (Å²) in [5.74, 6) is -0.384. The molecule has 1 aromatic rings. The Hall–Kier alpha value is -0.870. The number of hydrogen-bond donors (Lipinski definition) is 1. The van der Waals surface area contributed by atoms with E-state index in [1.165, 1.54) is 0 Å². The van der Waals surface area contributed by atoms with Crippen LogP contribution in [0.1, 0.15) is 12.5 Å². The smallest absolute Gasteiger partial charge is 0.322 e. The maximum atomic E-state index is 11.0. The maximum absolute atomic E-state index is 11.0. The lowest BCUT2D eigenvalue weighted by atomic mass is 10.2. The summed E-state index contributed by atoms with van der Waals surface area (Å²) in [5.41, 5.74) is 6.28. The third-order valence-electron chi connectivity index (χ3n) is 1.64. The average molecular weight is 258 g/mol. The van der Waals surface area contributed by atoms with Gasteiger partial charge in [-0.1, -0.05) is 28.1 Å². The van der Waals surface area contributed by atoms with Gasteiger partial charge >= 0.3 is 5.97 Å². The third-order valence-corrected chi connectivity index (χ3v) is 2.14. The molecule has 3 nitrogen and oxygen atoms in total. The SMILES string of the molecule is C[C@H](N)C(=O)OCc1cccc(Br)c1. The van der Waals surface area contributed by atoms with E-state index in [0.29, 0.717) is 0 Å². The Kier molecular flexibility index (Phi) is 4.10. The molecule has 0 spiro atoms. The highest BCUT2D eigenvalue weighted by molar-refractivity contribution is 9.10. The van der Waals surface area contributed by atoms with E-state index < -0.39 is 6.04 Å². The van der Waals surface area contributed by atoms with Gasteiger partial charge in [0, 0.05) is 4.47 Å². The summed E-state index contributed by atoms with van der Waals surface area (Å²) < 4.78 is 5.92. The van der Waals surface area contributed by atoms with Crippen LogP contribution in [0.2, 0.25) is 0 Å². The Morgan fingerprint density at radius 2 is 2.36 bits per heavy atom. The number of esters is 1. The van der Waals surface area contributed by atoms with Crippen LogP contribution in [0.3, 0.4) is 0 Å². The topological polar surface area (TPSA) is 52.3 Å². The molecule has 1 aromatic carbocycles. The van der Waals surface area contributed by atoms with Gasteiger partial charge in [-0.05, 0) is 24.6 Å². The first kappa shape index (κ1) is 11.2. The molecule has 0 aliphatic carbocycles. The standard InChI is InChI=1S/C10H12BrNO2/c1-7(12)10(13)14-6-8-3-2-4-9(11)5-8/h2-5,7H,6,12H2,1H3/t7-/m0/s1. The molecule has 0 aliphatic rings. The van der Waals surface area contributed by atoms with Crippen LogP contribution in [0.5, 0.6) is 0 Å². The number of rotatable bonds is 3. The van der Waals surface area contributed by atoms with Crippen molar-refractivity contribution in [2.75, 3.05) is 0 Å². The molecular weight excluding hydrogens is 246 g/mol. The number of halogens is 1. The molecule has 2 N–H and O–H groups in total. The summed E-state index contributed by atoms with van der Waals surface area (Å²) in [4.78, 5) is 11.0. The molecule has 0 saturated carbocycles. The van der Waals surface area contributed by atoms with E-state index in [9.17, 15) is 4.79 Å². The lowest BCUT2D eigenvalue weighted by Gasteiger charge is -2.07. The van der Waals surface area contributed by atoms with Gasteiger partial charge in [-0.25, -0.2) is 0 Å². The van der Waals surface area contributed by atoms with Gasteiger partial charge in [-0.15, -0.1) is 0 Å². The van der Waals surface area contributed by atoms with Gasteiger partial charge in [-0.2, -0.15) is 0 Å². The van der Waals surface area contributed by atoms with Crippen LogP contribution in [0.4, 0.5) is 0 Å². The van der Waals surface area contributed by atoms with Gasteiger partial charge in [0.1, 0.15) is 12.6 Å². The molecule has 0 saturated heterocycles. The van der Waals surface area contributed by atoms with E-state index >= 15 is 0 Å². The highest BCUT2D eigenvalue weighted by Gasteiger charge is 2.08. The fourth-order valence-corrected chi connectivity index (χ4v) is 1.36. The first-order valence-electron chi connectivity index (χ1n) is 4.26. The van der Waals surface area contributed by atoms with Crippen molar-refractivity contribution in [2.45, 2.75) is 19.6 Å². The predicted molar refractivity (Wildman–Crippen MR) is 57.6 cm³/mol. The molecule has 14 heavy (non-hydrogen) atoms. The van der Waals surface area contributed by atoms with Crippen LogP contribution >= 0.6 is 15.9 Å². The number of hydrogen-bond acceptors (Lipinski definition) is 3. The summed E-state index contributed by atoms with van der Waals surface area (Å²) in [7, 11) is 0. The normalized spacial score (nSPS) is 12.2. The van der Waals surface area contributed by atoms with Gasteiger partial charge in [0.2, 0.25) is 0 Å². The van der Waals surface area contributed by atoms with Crippen LogP contribution in [0.15, 0.2) is 28.7 Å². The van der Waals surface area contributed by atoms with Gasteiger partial charge in [0.25, 0.3) is 0 Å². The molecule has 0 aromatic heterocycles. The lowest BCUT2D eigenvalue weighted by molar-refractivity contribution is -0.146. The van der Waals surface area contributed by atoms with E-state index in [1.54, 1.807) is 6.92 Å². The van der Waals surface area contributed by atoms with Crippen LogP contribution in [0, 0.1) is 0 Å². The zero-order chi connectivity index (χ0) is 10.6. The number of nitrogens with two attached hydrogens (primary N) is 1. The Bertz CT molecular complexity index is 326. The first-order valence-corrected chi connectivity index (χ1v) is 5.05. The predicted octanol–water partition coefficient (Wildman–Crippen LogP) is 1.84. The Morgan fingerprint density at radius 3 is 2.93 bits per heavy atom.